The number of nitrogens with zero attached hydrogens (tertiary/aromatic N) is 2. The van der Waals surface area contributed by atoms with E-state index < -0.39 is 15.1 Å². The summed E-state index contributed by atoms with van der Waals surface area (Å²) in [7, 11) is -3.29. The van der Waals surface area contributed by atoms with Crippen LogP contribution < -0.4 is 0 Å². The molecule has 4 nitrogen and oxygen atoms in total. The van der Waals surface area contributed by atoms with Crippen molar-refractivity contribution in [1.29, 1.82) is 0 Å². The highest BCUT2D eigenvalue weighted by Gasteiger charge is 2.24. The van der Waals surface area contributed by atoms with Crippen molar-refractivity contribution in [1.82, 2.24) is 9.78 Å². The van der Waals surface area contributed by atoms with Gasteiger partial charge in [-0.05, 0) is 45.4 Å². The second kappa shape index (κ2) is 6.16. The van der Waals surface area contributed by atoms with E-state index in [0.29, 0.717) is 0 Å². The molecule has 0 saturated heterocycles. The fraction of sp³-hybridized carbons (Fsp3) is 0.438. The van der Waals surface area contributed by atoms with Crippen molar-refractivity contribution in [2.45, 2.75) is 44.2 Å². The average Bonchev–Trinajstić information content (AvgIpc) is 2.85. The molecule has 0 aliphatic heterocycles. The third-order valence-corrected chi connectivity index (χ3v) is 6.13. The predicted octanol–water partition coefficient (Wildman–Crippen LogP) is 4.08. The summed E-state index contributed by atoms with van der Waals surface area (Å²) < 4.78 is 27.9. The highest BCUT2D eigenvalue weighted by molar-refractivity contribution is 9.10. The first-order valence-electron chi connectivity index (χ1n) is 7.10. The maximum Gasteiger partial charge on any atom is 0.161 e. The Labute approximate surface area is 140 Å². The summed E-state index contributed by atoms with van der Waals surface area (Å²) in [5.41, 5.74) is 1.35. The van der Waals surface area contributed by atoms with Crippen LogP contribution in [-0.4, -0.2) is 18.2 Å². The van der Waals surface area contributed by atoms with Gasteiger partial charge in [0.25, 0.3) is 0 Å². The molecule has 0 bridgehead atoms. The van der Waals surface area contributed by atoms with Crippen molar-refractivity contribution in [3.05, 3.63) is 52.3 Å². The number of halogens is 1. The summed E-state index contributed by atoms with van der Waals surface area (Å²) >= 11 is 3.38. The van der Waals surface area contributed by atoms with Crippen LogP contribution in [-0.2, 0) is 21.1 Å². The fourth-order valence-corrected chi connectivity index (χ4v) is 3.97. The van der Waals surface area contributed by atoms with Crippen LogP contribution in [0.5, 0.6) is 0 Å². The van der Waals surface area contributed by atoms with Crippen LogP contribution >= 0.6 is 15.9 Å². The van der Waals surface area contributed by atoms with Crippen LogP contribution in [0, 0.1) is 0 Å². The Kier molecular flexibility index (Phi) is 4.82. The number of benzene rings is 1. The fourth-order valence-electron chi connectivity index (χ4n) is 2.13. The Morgan fingerprint density at radius 2 is 2.00 bits per heavy atom. The lowest BCUT2D eigenvalue weighted by Crippen LogP contribution is -2.22. The highest BCUT2D eigenvalue weighted by atomic mass is 79.9. The van der Waals surface area contributed by atoms with Crippen molar-refractivity contribution in [3.8, 4) is 0 Å². The van der Waals surface area contributed by atoms with Gasteiger partial charge in [0.15, 0.2) is 9.84 Å². The zero-order valence-electron chi connectivity index (χ0n) is 13.2. The van der Waals surface area contributed by atoms with Crippen LogP contribution in [0.3, 0.4) is 0 Å². The van der Waals surface area contributed by atoms with E-state index in [1.807, 2.05) is 51.2 Å². The maximum absolute atomic E-state index is 12.6. The summed E-state index contributed by atoms with van der Waals surface area (Å²) in [4.78, 5) is 0. The zero-order chi connectivity index (χ0) is 16.5. The van der Waals surface area contributed by atoms with Crippen LogP contribution in [0.25, 0.3) is 0 Å². The minimum absolute atomic E-state index is 0.00321. The first-order chi connectivity index (χ1) is 10.1. The van der Waals surface area contributed by atoms with E-state index in [1.54, 1.807) is 17.8 Å². The normalized spacial score (nSPS) is 14.0. The molecule has 0 saturated carbocycles. The molecule has 1 unspecified atom stereocenters. The minimum Gasteiger partial charge on any atom is -0.267 e. The molecular formula is C16H21BrN2O2S. The Bertz CT molecular complexity index is 760. The third-order valence-electron chi connectivity index (χ3n) is 3.55. The van der Waals surface area contributed by atoms with E-state index >= 15 is 0 Å². The predicted molar refractivity (Wildman–Crippen MR) is 92.4 cm³/mol. The van der Waals surface area contributed by atoms with E-state index in [9.17, 15) is 8.42 Å². The van der Waals surface area contributed by atoms with Crippen LogP contribution in [0.4, 0.5) is 0 Å². The molecule has 1 heterocycles. The summed E-state index contributed by atoms with van der Waals surface area (Å²) in [5.74, 6) is -0.00321. The maximum atomic E-state index is 12.6. The van der Waals surface area contributed by atoms with Crippen LogP contribution in [0.2, 0.25) is 0 Å². The van der Waals surface area contributed by atoms with Gasteiger partial charge in [-0.1, -0.05) is 28.1 Å². The van der Waals surface area contributed by atoms with E-state index in [4.69, 9.17) is 0 Å². The van der Waals surface area contributed by atoms with Crippen LogP contribution in [0.1, 0.15) is 44.1 Å². The first-order valence-corrected chi connectivity index (χ1v) is 9.61. The lowest BCUT2D eigenvalue weighted by atomic mass is 10.1. The molecule has 0 N–H and O–H groups in total. The highest BCUT2D eigenvalue weighted by Crippen LogP contribution is 2.27. The molecule has 0 aliphatic carbocycles. The number of hydrogen-bond acceptors (Lipinski definition) is 3. The Morgan fingerprint density at radius 3 is 2.55 bits per heavy atom. The Hall–Kier alpha value is -1.14. The van der Waals surface area contributed by atoms with Gasteiger partial charge in [-0.2, -0.15) is 5.10 Å². The van der Waals surface area contributed by atoms with Gasteiger partial charge in [-0.3, -0.25) is 4.68 Å². The van der Waals surface area contributed by atoms with E-state index in [-0.39, 0.29) is 11.3 Å². The molecule has 0 radical (unpaired) electrons. The smallest absolute Gasteiger partial charge is 0.161 e. The summed E-state index contributed by atoms with van der Waals surface area (Å²) in [5, 5.41) is 3.71. The molecule has 6 heteroatoms. The molecule has 2 aromatic rings. The van der Waals surface area contributed by atoms with Gasteiger partial charge >= 0.3 is 0 Å². The lowest BCUT2D eigenvalue weighted by molar-refractivity contribution is 0.355. The number of rotatable bonds is 4. The molecule has 1 aromatic carbocycles. The molecule has 1 atom stereocenters. The number of sulfone groups is 1. The van der Waals surface area contributed by atoms with Crippen LogP contribution in [0.15, 0.2) is 41.1 Å². The van der Waals surface area contributed by atoms with Crippen molar-refractivity contribution in [2.75, 3.05) is 0 Å². The monoisotopic (exact) mass is 384 g/mol. The SMILES string of the molecule is CC(c1cccc(Br)c1)S(=O)(=O)Cc1cnn(C(C)(C)C)c1. The zero-order valence-corrected chi connectivity index (χ0v) is 15.6. The largest absolute Gasteiger partial charge is 0.267 e. The van der Waals surface area contributed by atoms with E-state index in [2.05, 4.69) is 21.0 Å². The number of hydrogen-bond donors (Lipinski definition) is 0. The number of aromatic nitrogens is 2. The van der Waals surface area contributed by atoms with Gasteiger partial charge in [-0.15, -0.1) is 0 Å². The van der Waals surface area contributed by atoms with Gasteiger partial charge in [0, 0.05) is 16.2 Å². The molecule has 0 spiro atoms. The lowest BCUT2D eigenvalue weighted by Gasteiger charge is -2.18. The molecule has 2 rings (SSSR count). The van der Waals surface area contributed by atoms with Crippen molar-refractivity contribution in [2.24, 2.45) is 0 Å². The van der Waals surface area contributed by atoms with Crippen molar-refractivity contribution in [3.63, 3.8) is 0 Å². The van der Waals surface area contributed by atoms with Crippen molar-refractivity contribution < 1.29 is 8.42 Å². The average molecular weight is 385 g/mol. The standard InChI is InChI=1S/C16H21BrN2O2S/c1-12(14-6-5-7-15(17)8-14)22(20,21)11-13-9-18-19(10-13)16(2,3)4/h5-10,12H,11H2,1-4H3. The topological polar surface area (TPSA) is 52.0 Å². The summed E-state index contributed by atoms with van der Waals surface area (Å²) in [6, 6.07) is 7.42. The van der Waals surface area contributed by atoms with Crippen molar-refractivity contribution >= 4 is 25.8 Å². The molecule has 0 aliphatic rings. The third kappa shape index (κ3) is 3.98. The molecular weight excluding hydrogens is 364 g/mol. The summed E-state index contributed by atoms with van der Waals surface area (Å²) in [6.07, 6.45) is 3.45. The minimum atomic E-state index is -3.29. The Balaban J connectivity index is 2.22. The molecule has 120 valence electrons. The molecule has 0 amide bonds. The quantitative estimate of drug-likeness (QED) is 0.797. The molecule has 0 fully saturated rings. The van der Waals surface area contributed by atoms with Gasteiger partial charge in [0.2, 0.25) is 0 Å². The second-order valence-electron chi connectivity index (χ2n) is 6.47. The summed E-state index contributed by atoms with van der Waals surface area (Å²) in [6.45, 7) is 7.82. The molecule has 22 heavy (non-hydrogen) atoms. The van der Waals surface area contributed by atoms with E-state index in [0.717, 1.165) is 15.6 Å². The van der Waals surface area contributed by atoms with Gasteiger partial charge < -0.3 is 0 Å². The van der Waals surface area contributed by atoms with Gasteiger partial charge in [0.1, 0.15) is 0 Å². The first kappa shape index (κ1) is 17.2. The van der Waals surface area contributed by atoms with E-state index in [1.165, 1.54) is 0 Å². The Morgan fingerprint density at radius 1 is 1.32 bits per heavy atom. The second-order valence-corrected chi connectivity index (χ2v) is 9.71. The van der Waals surface area contributed by atoms with Gasteiger partial charge in [-0.25, -0.2) is 8.42 Å². The molecule has 1 aromatic heterocycles. The van der Waals surface area contributed by atoms with Gasteiger partial charge in [0.05, 0.1) is 22.7 Å².